The minimum absolute atomic E-state index is 0.163. The lowest BCUT2D eigenvalue weighted by Gasteiger charge is -2.43. The van der Waals surface area contributed by atoms with Crippen molar-refractivity contribution in [3.8, 4) is 0 Å². The number of nitrogens with zero attached hydrogens (tertiary/aromatic N) is 1. The summed E-state index contributed by atoms with van der Waals surface area (Å²) in [5.41, 5.74) is 5.94. The van der Waals surface area contributed by atoms with Crippen molar-refractivity contribution in [2.75, 3.05) is 26.7 Å². The van der Waals surface area contributed by atoms with E-state index in [9.17, 15) is 5.11 Å². The van der Waals surface area contributed by atoms with Gasteiger partial charge in [-0.3, -0.25) is 0 Å². The maximum atomic E-state index is 9.27. The van der Waals surface area contributed by atoms with E-state index in [1.165, 1.54) is 12.8 Å². The highest BCUT2D eigenvalue weighted by molar-refractivity contribution is 5.06. The van der Waals surface area contributed by atoms with E-state index in [4.69, 9.17) is 5.73 Å². The Kier molecular flexibility index (Phi) is 1.90. The van der Waals surface area contributed by atoms with E-state index < -0.39 is 0 Å². The molecular weight excluding hydrogens is 152 g/mol. The van der Waals surface area contributed by atoms with E-state index >= 15 is 0 Å². The number of nitrogens with two attached hydrogens (primary N) is 1. The average molecular weight is 170 g/mol. The molecule has 1 heterocycles. The molecule has 12 heavy (non-hydrogen) atoms. The van der Waals surface area contributed by atoms with Gasteiger partial charge in [0, 0.05) is 18.6 Å². The quantitative estimate of drug-likeness (QED) is 0.565. The number of hydrogen-bond acceptors (Lipinski definition) is 3. The van der Waals surface area contributed by atoms with E-state index in [-0.39, 0.29) is 12.1 Å². The summed E-state index contributed by atoms with van der Waals surface area (Å²) in [5.74, 6) is 1.04. The largest absolute Gasteiger partial charge is 0.394 e. The van der Waals surface area contributed by atoms with E-state index in [1.807, 2.05) is 0 Å². The van der Waals surface area contributed by atoms with Gasteiger partial charge in [0.1, 0.15) is 0 Å². The topological polar surface area (TPSA) is 49.5 Å². The lowest BCUT2D eigenvalue weighted by Crippen LogP contribution is -2.60. The van der Waals surface area contributed by atoms with Gasteiger partial charge in [0.25, 0.3) is 0 Å². The van der Waals surface area contributed by atoms with Crippen LogP contribution in [0, 0.1) is 11.8 Å². The first-order valence-corrected chi connectivity index (χ1v) is 4.75. The van der Waals surface area contributed by atoms with Crippen LogP contribution < -0.4 is 5.73 Å². The minimum atomic E-state index is -0.257. The minimum Gasteiger partial charge on any atom is -0.394 e. The first-order chi connectivity index (χ1) is 5.66. The van der Waals surface area contributed by atoms with Crippen LogP contribution in [0.3, 0.4) is 0 Å². The monoisotopic (exact) mass is 170 g/mol. The smallest absolute Gasteiger partial charge is 0.0617 e. The second kappa shape index (κ2) is 2.69. The first-order valence-electron chi connectivity index (χ1n) is 4.75. The lowest BCUT2D eigenvalue weighted by molar-refractivity contribution is 0.0522. The zero-order chi connectivity index (χ0) is 8.77. The summed E-state index contributed by atoms with van der Waals surface area (Å²) in [4.78, 5) is 2.34. The fourth-order valence-corrected chi connectivity index (χ4v) is 2.88. The molecule has 0 spiro atoms. The molecule has 0 aromatic rings. The molecule has 2 unspecified atom stereocenters. The molecule has 3 nitrogen and oxygen atoms in total. The van der Waals surface area contributed by atoms with Crippen molar-refractivity contribution in [2.24, 2.45) is 17.6 Å². The molecule has 1 aliphatic heterocycles. The summed E-state index contributed by atoms with van der Waals surface area (Å²) in [6.07, 6.45) is 2.40. The summed E-state index contributed by atoms with van der Waals surface area (Å²) < 4.78 is 0. The van der Waals surface area contributed by atoms with Crippen molar-refractivity contribution in [3.05, 3.63) is 0 Å². The molecule has 0 aromatic carbocycles. The maximum Gasteiger partial charge on any atom is 0.0617 e. The number of piperidine rings is 1. The first kappa shape index (κ1) is 8.48. The van der Waals surface area contributed by atoms with Gasteiger partial charge in [-0.15, -0.1) is 0 Å². The average Bonchev–Trinajstić information content (AvgIpc) is 2.24. The predicted molar refractivity (Wildman–Crippen MR) is 47.7 cm³/mol. The van der Waals surface area contributed by atoms with Gasteiger partial charge in [0.05, 0.1) is 6.61 Å². The van der Waals surface area contributed by atoms with Crippen LogP contribution >= 0.6 is 0 Å². The molecule has 3 heteroatoms. The molecule has 3 N–H and O–H groups in total. The van der Waals surface area contributed by atoms with E-state index in [1.54, 1.807) is 0 Å². The van der Waals surface area contributed by atoms with Crippen molar-refractivity contribution in [2.45, 2.75) is 18.4 Å². The Hall–Kier alpha value is -0.120. The van der Waals surface area contributed by atoms with Crippen LogP contribution in [0.2, 0.25) is 0 Å². The van der Waals surface area contributed by atoms with Gasteiger partial charge >= 0.3 is 0 Å². The predicted octanol–water partition coefficient (Wildman–Crippen LogP) is -0.352. The number of fused-ring (bicyclic) bond motifs is 2. The van der Waals surface area contributed by atoms with Crippen LogP contribution in [-0.4, -0.2) is 42.3 Å². The van der Waals surface area contributed by atoms with Gasteiger partial charge in [-0.25, -0.2) is 0 Å². The second-order valence-corrected chi connectivity index (χ2v) is 4.46. The Morgan fingerprint density at radius 3 is 2.33 bits per heavy atom. The zero-order valence-corrected chi connectivity index (χ0v) is 7.66. The van der Waals surface area contributed by atoms with Crippen LogP contribution in [0.4, 0.5) is 0 Å². The standard InChI is InChI=1S/C9H18N2O/c1-11-4-7-2-3-8(5-11)9(7,10)6-12/h7-8,12H,2-6,10H2,1H3. The maximum absolute atomic E-state index is 9.27. The van der Waals surface area contributed by atoms with Crippen LogP contribution in [0.1, 0.15) is 12.8 Å². The Balaban J connectivity index is 2.19. The van der Waals surface area contributed by atoms with Gasteiger partial charge in [0.2, 0.25) is 0 Å². The summed E-state index contributed by atoms with van der Waals surface area (Å²) in [6.45, 7) is 2.29. The third-order valence-corrected chi connectivity index (χ3v) is 3.72. The van der Waals surface area contributed by atoms with Crippen molar-refractivity contribution in [3.63, 3.8) is 0 Å². The number of rotatable bonds is 1. The Bertz CT molecular complexity index is 169. The van der Waals surface area contributed by atoms with Gasteiger partial charge in [-0.1, -0.05) is 0 Å². The molecule has 1 saturated carbocycles. The Morgan fingerprint density at radius 1 is 1.42 bits per heavy atom. The summed E-state index contributed by atoms with van der Waals surface area (Å²) in [6, 6.07) is 0. The molecule has 2 fully saturated rings. The highest BCUT2D eigenvalue weighted by Crippen LogP contribution is 2.42. The third-order valence-electron chi connectivity index (χ3n) is 3.72. The van der Waals surface area contributed by atoms with Crippen molar-refractivity contribution in [1.29, 1.82) is 0 Å². The summed E-state index contributed by atoms with van der Waals surface area (Å²) in [5, 5.41) is 9.27. The highest BCUT2D eigenvalue weighted by Gasteiger charge is 2.50. The number of hydrogen-bond donors (Lipinski definition) is 2. The molecular formula is C9H18N2O. The molecule has 0 radical (unpaired) electrons. The Morgan fingerprint density at radius 2 is 1.92 bits per heavy atom. The Labute approximate surface area is 73.5 Å². The molecule has 0 amide bonds. The van der Waals surface area contributed by atoms with Gasteiger partial charge < -0.3 is 15.7 Å². The number of aliphatic hydroxyl groups excluding tert-OH is 1. The van der Waals surface area contributed by atoms with E-state index in [0.29, 0.717) is 11.8 Å². The molecule has 2 rings (SSSR count). The molecule has 0 aromatic heterocycles. The zero-order valence-electron chi connectivity index (χ0n) is 7.66. The van der Waals surface area contributed by atoms with Crippen molar-refractivity contribution < 1.29 is 5.11 Å². The third kappa shape index (κ3) is 1.00. The van der Waals surface area contributed by atoms with Gasteiger partial charge in [-0.05, 0) is 31.7 Å². The van der Waals surface area contributed by atoms with Gasteiger partial charge in [-0.2, -0.15) is 0 Å². The van der Waals surface area contributed by atoms with E-state index in [0.717, 1.165) is 13.1 Å². The van der Waals surface area contributed by atoms with Crippen LogP contribution in [-0.2, 0) is 0 Å². The SMILES string of the molecule is CN1CC2CCC(C1)C2(N)CO. The van der Waals surface area contributed by atoms with Crippen LogP contribution in [0.15, 0.2) is 0 Å². The highest BCUT2D eigenvalue weighted by atomic mass is 16.3. The normalized spacial score (nSPS) is 48.2. The lowest BCUT2D eigenvalue weighted by atomic mass is 9.79. The molecule has 2 atom stereocenters. The van der Waals surface area contributed by atoms with E-state index in [2.05, 4.69) is 11.9 Å². The molecule has 2 aliphatic rings. The van der Waals surface area contributed by atoms with Crippen molar-refractivity contribution >= 4 is 0 Å². The van der Waals surface area contributed by atoms with Gasteiger partial charge in [0.15, 0.2) is 0 Å². The fourth-order valence-electron chi connectivity index (χ4n) is 2.88. The number of likely N-dealkylation sites (tertiary alicyclic amines) is 1. The molecule has 1 saturated heterocycles. The molecule has 70 valence electrons. The number of aliphatic hydroxyl groups is 1. The molecule has 2 bridgehead atoms. The molecule has 1 aliphatic carbocycles. The van der Waals surface area contributed by atoms with Crippen molar-refractivity contribution in [1.82, 2.24) is 4.90 Å². The second-order valence-electron chi connectivity index (χ2n) is 4.46. The van der Waals surface area contributed by atoms with Crippen LogP contribution in [0.25, 0.3) is 0 Å². The fraction of sp³-hybridized carbons (Fsp3) is 1.00. The summed E-state index contributed by atoms with van der Waals surface area (Å²) >= 11 is 0. The summed E-state index contributed by atoms with van der Waals surface area (Å²) in [7, 11) is 2.14. The van der Waals surface area contributed by atoms with Crippen LogP contribution in [0.5, 0.6) is 0 Å².